The molecule has 25 heavy (non-hydrogen) atoms. The van der Waals surface area contributed by atoms with Gasteiger partial charge in [-0.15, -0.1) is 0 Å². The summed E-state index contributed by atoms with van der Waals surface area (Å²) in [5.41, 5.74) is 5.39. The van der Waals surface area contributed by atoms with Crippen molar-refractivity contribution in [3.63, 3.8) is 0 Å². The van der Waals surface area contributed by atoms with E-state index in [2.05, 4.69) is 10.4 Å². The molecule has 130 valence electrons. The van der Waals surface area contributed by atoms with Crippen LogP contribution in [0.1, 0.15) is 5.56 Å². The number of amides is 1. The normalized spacial score (nSPS) is 11.4. The Morgan fingerprint density at radius 2 is 1.84 bits per heavy atom. The van der Waals surface area contributed by atoms with Gasteiger partial charge in [0.1, 0.15) is 12.9 Å². The van der Waals surface area contributed by atoms with Crippen LogP contribution in [0.2, 0.25) is 0 Å². The first-order valence-electron chi connectivity index (χ1n) is 7.61. The lowest BCUT2D eigenvalue weighted by atomic mass is 10.2. The van der Waals surface area contributed by atoms with Gasteiger partial charge in [-0.3, -0.25) is 14.5 Å². The van der Waals surface area contributed by atoms with Gasteiger partial charge in [-0.2, -0.15) is 0 Å². The van der Waals surface area contributed by atoms with E-state index in [9.17, 15) is 13.2 Å². The second-order valence-electron chi connectivity index (χ2n) is 5.69. The number of nitrogens with one attached hydrogen (secondary N) is 1. The maximum atomic E-state index is 12.4. The van der Waals surface area contributed by atoms with Crippen molar-refractivity contribution in [3.8, 4) is 0 Å². The quantitative estimate of drug-likeness (QED) is 0.755. The molecule has 0 unspecified atom stereocenters. The second kappa shape index (κ2) is 6.56. The topological polar surface area (TPSA) is 84.3 Å². The summed E-state index contributed by atoms with van der Waals surface area (Å²) in [5.74, 6) is -0.461. The molecule has 3 aromatic rings. The molecule has 1 heterocycles. The molecule has 0 spiro atoms. The number of imidazole rings is 1. The lowest BCUT2D eigenvalue weighted by Gasteiger charge is -2.23. The Morgan fingerprint density at radius 1 is 1.16 bits per heavy atom. The number of anilines is 1. The molecule has 0 saturated heterocycles. The Kier molecular flexibility index (Phi) is 4.45. The minimum atomic E-state index is -3.61. The Balaban J connectivity index is 1.85. The van der Waals surface area contributed by atoms with E-state index in [0.717, 1.165) is 27.2 Å². The van der Waals surface area contributed by atoms with Crippen LogP contribution in [0.15, 0.2) is 54.9 Å². The number of benzene rings is 2. The molecule has 0 aliphatic rings. The molecule has 0 bridgehead atoms. The molecule has 3 rings (SSSR count). The monoisotopic (exact) mass is 358 g/mol. The fraction of sp³-hybridized carbons (Fsp3) is 0.176. The van der Waals surface area contributed by atoms with Crippen molar-refractivity contribution in [3.05, 3.63) is 60.4 Å². The molecule has 1 N–H and O–H groups in total. The largest absolute Gasteiger partial charge is 0.271 e. The van der Waals surface area contributed by atoms with Crippen LogP contribution < -0.4 is 9.73 Å². The van der Waals surface area contributed by atoms with Crippen LogP contribution in [0.5, 0.6) is 0 Å². The van der Waals surface area contributed by atoms with Crippen molar-refractivity contribution in [1.29, 1.82) is 0 Å². The van der Waals surface area contributed by atoms with Gasteiger partial charge in [-0.25, -0.2) is 18.1 Å². The van der Waals surface area contributed by atoms with Gasteiger partial charge in [-0.05, 0) is 30.7 Å². The molecule has 0 aliphatic carbocycles. The van der Waals surface area contributed by atoms with Gasteiger partial charge < -0.3 is 0 Å². The molecule has 7 nitrogen and oxygen atoms in total. The third kappa shape index (κ3) is 3.63. The van der Waals surface area contributed by atoms with E-state index < -0.39 is 15.9 Å². The summed E-state index contributed by atoms with van der Waals surface area (Å²) in [6, 6.07) is 14.4. The summed E-state index contributed by atoms with van der Waals surface area (Å²) >= 11 is 0. The van der Waals surface area contributed by atoms with Crippen LogP contribution >= 0.6 is 0 Å². The fourth-order valence-electron chi connectivity index (χ4n) is 2.57. The summed E-state index contributed by atoms with van der Waals surface area (Å²) in [6.45, 7) is 1.48. The second-order valence-corrected chi connectivity index (χ2v) is 7.60. The Hall–Kier alpha value is -2.87. The van der Waals surface area contributed by atoms with Crippen molar-refractivity contribution in [2.45, 2.75) is 6.92 Å². The third-order valence-electron chi connectivity index (χ3n) is 3.77. The molecule has 0 aliphatic heterocycles. The van der Waals surface area contributed by atoms with Crippen molar-refractivity contribution in [1.82, 2.24) is 9.66 Å². The Labute approximate surface area is 145 Å². The summed E-state index contributed by atoms with van der Waals surface area (Å²) < 4.78 is 26.9. The first kappa shape index (κ1) is 17.0. The van der Waals surface area contributed by atoms with Gasteiger partial charge in [0.25, 0.3) is 5.91 Å². The van der Waals surface area contributed by atoms with Crippen molar-refractivity contribution >= 4 is 32.7 Å². The molecular formula is C17H18N4O3S. The van der Waals surface area contributed by atoms with Crippen LogP contribution in [0, 0.1) is 6.92 Å². The molecule has 0 saturated carbocycles. The molecule has 8 heteroatoms. The van der Waals surface area contributed by atoms with E-state index in [1.165, 1.54) is 11.0 Å². The number of hydrogen-bond acceptors (Lipinski definition) is 4. The maximum Gasteiger partial charge on any atom is 0.259 e. The maximum absolute atomic E-state index is 12.4. The van der Waals surface area contributed by atoms with Crippen LogP contribution in [0.3, 0.4) is 0 Å². The highest BCUT2D eigenvalue weighted by Crippen LogP contribution is 2.21. The zero-order valence-electron chi connectivity index (χ0n) is 13.9. The van der Waals surface area contributed by atoms with Gasteiger partial charge in [0.15, 0.2) is 0 Å². The number of aryl methyl sites for hydroxylation is 1. The highest BCUT2D eigenvalue weighted by Gasteiger charge is 2.22. The van der Waals surface area contributed by atoms with Crippen molar-refractivity contribution < 1.29 is 13.2 Å². The lowest BCUT2D eigenvalue weighted by molar-refractivity contribution is -0.115. The lowest BCUT2D eigenvalue weighted by Crippen LogP contribution is -2.39. The molecule has 1 aromatic heterocycles. The van der Waals surface area contributed by atoms with E-state index >= 15 is 0 Å². The first-order valence-corrected chi connectivity index (χ1v) is 9.46. The molecule has 0 fully saturated rings. The predicted octanol–water partition coefficient (Wildman–Crippen LogP) is 1.88. The number of rotatable bonds is 5. The van der Waals surface area contributed by atoms with Crippen molar-refractivity contribution in [2.75, 3.05) is 22.5 Å². The number of hydrogen-bond donors (Lipinski definition) is 1. The summed E-state index contributed by atoms with van der Waals surface area (Å²) in [5, 5.41) is 0. The summed E-state index contributed by atoms with van der Waals surface area (Å²) in [7, 11) is -3.61. The predicted molar refractivity (Wildman–Crippen MR) is 97.5 cm³/mol. The zero-order chi connectivity index (χ0) is 18.0. The number of carbonyl (C=O) groups is 1. The summed E-state index contributed by atoms with van der Waals surface area (Å²) in [4.78, 5) is 16.6. The van der Waals surface area contributed by atoms with Crippen molar-refractivity contribution in [2.24, 2.45) is 0 Å². The number of aromatic nitrogens is 2. The summed E-state index contributed by atoms with van der Waals surface area (Å²) in [6.07, 6.45) is 2.57. The number of fused-ring (bicyclic) bond motifs is 1. The smallest absolute Gasteiger partial charge is 0.259 e. The van der Waals surface area contributed by atoms with Gasteiger partial charge >= 0.3 is 0 Å². The molecular weight excluding hydrogens is 340 g/mol. The average molecular weight is 358 g/mol. The number of carbonyl (C=O) groups excluding carboxylic acids is 1. The first-order chi connectivity index (χ1) is 11.9. The van der Waals surface area contributed by atoms with Gasteiger partial charge in [0.2, 0.25) is 10.0 Å². The minimum Gasteiger partial charge on any atom is -0.271 e. The van der Waals surface area contributed by atoms with Crippen LogP contribution in [-0.4, -0.2) is 36.8 Å². The van der Waals surface area contributed by atoms with Crippen LogP contribution in [-0.2, 0) is 14.8 Å². The molecule has 0 atom stereocenters. The number of para-hydroxylation sites is 3. The third-order valence-corrected chi connectivity index (χ3v) is 4.90. The van der Waals surface area contributed by atoms with E-state index in [1.54, 1.807) is 25.1 Å². The van der Waals surface area contributed by atoms with Gasteiger partial charge in [0, 0.05) is 0 Å². The fourth-order valence-corrected chi connectivity index (χ4v) is 3.49. The average Bonchev–Trinajstić information content (AvgIpc) is 2.96. The number of nitrogens with zero attached hydrogens (tertiary/aromatic N) is 3. The van der Waals surface area contributed by atoms with Gasteiger partial charge in [-0.1, -0.05) is 30.3 Å². The van der Waals surface area contributed by atoms with Crippen LogP contribution in [0.25, 0.3) is 11.0 Å². The highest BCUT2D eigenvalue weighted by atomic mass is 32.2. The van der Waals surface area contributed by atoms with E-state index in [0.29, 0.717) is 5.69 Å². The Morgan fingerprint density at radius 3 is 2.56 bits per heavy atom. The van der Waals surface area contributed by atoms with E-state index in [4.69, 9.17) is 0 Å². The molecule has 1 amide bonds. The van der Waals surface area contributed by atoms with Gasteiger partial charge in [0.05, 0.1) is 23.0 Å². The minimum absolute atomic E-state index is 0.323. The van der Waals surface area contributed by atoms with E-state index in [1.807, 2.05) is 30.3 Å². The van der Waals surface area contributed by atoms with E-state index in [-0.39, 0.29) is 6.54 Å². The molecule has 2 aromatic carbocycles. The standard InChI is InChI=1S/C17H18N4O3S/c1-13-7-3-5-9-15(13)21(25(2,23)24)11-17(22)19-20-12-18-14-8-4-6-10-16(14)20/h3-10,12H,11H2,1-2H3,(H,19,22). The zero-order valence-corrected chi connectivity index (χ0v) is 14.7. The molecule has 0 radical (unpaired) electrons. The Bertz CT molecular complexity index is 1030. The number of sulfonamides is 1. The SMILES string of the molecule is Cc1ccccc1N(CC(=O)Nn1cnc2ccccc21)S(C)(=O)=O. The highest BCUT2D eigenvalue weighted by molar-refractivity contribution is 7.92. The van der Waals surface area contributed by atoms with Crippen LogP contribution in [0.4, 0.5) is 5.69 Å².